The minimum absolute atomic E-state index is 0.0617. The number of rotatable bonds is 3. The molecule has 0 saturated heterocycles. The summed E-state index contributed by atoms with van der Waals surface area (Å²) in [7, 11) is 0. The maximum atomic E-state index is 9.38. The summed E-state index contributed by atoms with van der Waals surface area (Å²) in [4.78, 5) is 10.9. The first-order valence-electron chi connectivity index (χ1n) is 9.28. The van der Waals surface area contributed by atoms with E-state index in [-0.39, 0.29) is 17.1 Å². The molecule has 0 radical (unpaired) electrons. The van der Waals surface area contributed by atoms with E-state index in [9.17, 15) is 5.11 Å². The zero-order chi connectivity index (χ0) is 19.9. The Morgan fingerprint density at radius 3 is 2.21 bits per heavy atom. The van der Waals surface area contributed by atoms with Gasteiger partial charge in [-0.25, -0.2) is 9.97 Å². The molecular weight excluding hydrogens is 352 g/mol. The average Bonchev–Trinajstić information content (AvgIpc) is 3.06. The minimum Gasteiger partial charge on any atom is -0.508 e. The largest absolute Gasteiger partial charge is 0.508 e. The Balaban J connectivity index is 1.62. The van der Waals surface area contributed by atoms with Gasteiger partial charge >= 0.3 is 0 Å². The molecule has 1 unspecified atom stereocenters. The summed E-state index contributed by atoms with van der Waals surface area (Å²) in [6, 6.07) is 14.5. The van der Waals surface area contributed by atoms with Gasteiger partial charge in [-0.2, -0.15) is 0 Å². The third kappa shape index (κ3) is 3.33. The number of ether oxygens (including phenoxy) is 1. The maximum absolute atomic E-state index is 9.38. The molecule has 2 heterocycles. The van der Waals surface area contributed by atoms with E-state index < -0.39 is 0 Å². The van der Waals surface area contributed by atoms with Crippen LogP contribution in [0.5, 0.6) is 17.2 Å². The molecule has 28 heavy (non-hydrogen) atoms. The van der Waals surface area contributed by atoms with Crippen molar-refractivity contribution in [3.05, 3.63) is 60.6 Å². The fourth-order valence-electron chi connectivity index (χ4n) is 3.56. The molecule has 0 amide bonds. The summed E-state index contributed by atoms with van der Waals surface area (Å²) >= 11 is 0. The number of aromatic hydroxyl groups is 1. The topological polar surface area (TPSA) is 84.5 Å². The SMILES string of the molecule is CC(C)(C)C1CN(c2ccc(Oc3ccc(O)cc3)cc2)c2c(N)ncnc21. The van der Waals surface area contributed by atoms with Crippen molar-refractivity contribution in [2.45, 2.75) is 26.7 Å². The van der Waals surface area contributed by atoms with Gasteiger partial charge in [0.2, 0.25) is 0 Å². The first-order chi connectivity index (χ1) is 13.3. The van der Waals surface area contributed by atoms with E-state index in [2.05, 4.69) is 35.6 Å². The standard InChI is InChI=1S/C22H24N4O2/c1-22(2,3)18-12-26(20-19(18)24-13-25-21(20)23)14-4-8-16(9-5-14)28-17-10-6-15(27)7-11-17/h4-11,13,18,27H,12H2,1-3H3,(H2,23,24,25). The molecule has 1 aromatic heterocycles. The first-order valence-corrected chi connectivity index (χ1v) is 9.28. The number of nitrogens with zero attached hydrogens (tertiary/aromatic N) is 3. The average molecular weight is 376 g/mol. The minimum atomic E-state index is 0.0617. The van der Waals surface area contributed by atoms with E-state index in [1.165, 1.54) is 0 Å². The molecule has 2 aromatic carbocycles. The highest BCUT2D eigenvalue weighted by Gasteiger charge is 2.39. The highest BCUT2D eigenvalue weighted by Crippen LogP contribution is 2.49. The quantitative estimate of drug-likeness (QED) is 0.680. The number of hydrogen-bond acceptors (Lipinski definition) is 6. The fourth-order valence-corrected chi connectivity index (χ4v) is 3.56. The van der Waals surface area contributed by atoms with E-state index in [1.54, 1.807) is 30.6 Å². The van der Waals surface area contributed by atoms with E-state index >= 15 is 0 Å². The number of hydrogen-bond donors (Lipinski definition) is 2. The van der Waals surface area contributed by atoms with Crippen molar-refractivity contribution in [2.75, 3.05) is 17.2 Å². The van der Waals surface area contributed by atoms with Crippen molar-refractivity contribution >= 4 is 17.2 Å². The van der Waals surface area contributed by atoms with E-state index in [4.69, 9.17) is 10.5 Å². The highest BCUT2D eigenvalue weighted by molar-refractivity contribution is 5.78. The van der Waals surface area contributed by atoms with Gasteiger partial charge in [0.1, 0.15) is 29.3 Å². The van der Waals surface area contributed by atoms with Gasteiger partial charge in [-0.1, -0.05) is 20.8 Å². The molecule has 4 rings (SSSR count). The van der Waals surface area contributed by atoms with Crippen LogP contribution in [0.4, 0.5) is 17.2 Å². The first kappa shape index (κ1) is 18.1. The predicted molar refractivity (Wildman–Crippen MR) is 110 cm³/mol. The van der Waals surface area contributed by atoms with Crippen LogP contribution in [0.25, 0.3) is 0 Å². The van der Waals surface area contributed by atoms with Gasteiger partial charge in [-0.3, -0.25) is 0 Å². The lowest BCUT2D eigenvalue weighted by Gasteiger charge is -2.27. The third-order valence-electron chi connectivity index (χ3n) is 5.11. The summed E-state index contributed by atoms with van der Waals surface area (Å²) in [5.74, 6) is 2.37. The van der Waals surface area contributed by atoms with Crippen molar-refractivity contribution < 1.29 is 9.84 Å². The molecule has 0 bridgehead atoms. The number of benzene rings is 2. The molecule has 144 valence electrons. The summed E-state index contributed by atoms with van der Waals surface area (Å²) in [5.41, 5.74) is 9.20. The van der Waals surface area contributed by atoms with Crippen molar-refractivity contribution in [1.82, 2.24) is 9.97 Å². The molecule has 6 nitrogen and oxygen atoms in total. The molecule has 6 heteroatoms. The van der Waals surface area contributed by atoms with Crippen LogP contribution in [0.2, 0.25) is 0 Å². The van der Waals surface area contributed by atoms with E-state index in [0.29, 0.717) is 11.6 Å². The van der Waals surface area contributed by atoms with Crippen molar-refractivity contribution in [3.63, 3.8) is 0 Å². The van der Waals surface area contributed by atoms with Gasteiger partial charge in [0, 0.05) is 18.2 Å². The van der Waals surface area contributed by atoms with Crippen LogP contribution in [0.1, 0.15) is 32.4 Å². The molecule has 0 spiro atoms. The molecule has 3 aromatic rings. The van der Waals surface area contributed by atoms with Gasteiger partial charge in [-0.05, 0) is 53.9 Å². The second-order valence-corrected chi connectivity index (χ2v) is 8.11. The van der Waals surface area contributed by atoms with Crippen molar-refractivity contribution in [1.29, 1.82) is 0 Å². The van der Waals surface area contributed by atoms with Crippen LogP contribution in [0, 0.1) is 5.41 Å². The Morgan fingerprint density at radius 2 is 1.61 bits per heavy atom. The number of phenols is 1. The number of nitrogen functional groups attached to an aromatic ring is 1. The van der Waals surface area contributed by atoms with Crippen LogP contribution in [-0.4, -0.2) is 21.6 Å². The van der Waals surface area contributed by atoms with Crippen molar-refractivity contribution in [3.8, 4) is 17.2 Å². The Labute approximate surface area is 164 Å². The van der Waals surface area contributed by atoms with Gasteiger partial charge in [0.05, 0.1) is 5.69 Å². The third-order valence-corrected chi connectivity index (χ3v) is 5.11. The van der Waals surface area contributed by atoms with Gasteiger partial charge in [0.15, 0.2) is 5.82 Å². The van der Waals surface area contributed by atoms with Gasteiger partial charge < -0.3 is 20.5 Å². The lowest BCUT2D eigenvalue weighted by molar-refractivity contribution is 0.330. The molecule has 1 atom stereocenters. The fraction of sp³-hybridized carbons (Fsp3) is 0.273. The predicted octanol–water partition coefficient (Wildman–Crippen LogP) is 4.84. The van der Waals surface area contributed by atoms with Gasteiger partial charge in [-0.15, -0.1) is 0 Å². The number of nitrogens with two attached hydrogens (primary N) is 1. The number of anilines is 3. The monoisotopic (exact) mass is 376 g/mol. The molecule has 1 aliphatic heterocycles. The smallest absolute Gasteiger partial charge is 0.151 e. The van der Waals surface area contributed by atoms with E-state index in [0.717, 1.165) is 29.4 Å². The highest BCUT2D eigenvalue weighted by atomic mass is 16.5. The molecule has 0 aliphatic carbocycles. The normalized spacial score (nSPS) is 16.1. The lowest BCUT2D eigenvalue weighted by atomic mass is 9.79. The van der Waals surface area contributed by atoms with Gasteiger partial charge in [0.25, 0.3) is 0 Å². The number of fused-ring (bicyclic) bond motifs is 1. The molecule has 0 fully saturated rings. The maximum Gasteiger partial charge on any atom is 0.151 e. The summed E-state index contributed by atoms with van der Waals surface area (Å²) < 4.78 is 5.84. The second kappa shape index (κ2) is 6.71. The van der Waals surface area contributed by atoms with Crippen LogP contribution in [0.3, 0.4) is 0 Å². The Morgan fingerprint density at radius 1 is 1.00 bits per heavy atom. The number of aromatic nitrogens is 2. The van der Waals surface area contributed by atoms with Crippen LogP contribution in [-0.2, 0) is 0 Å². The van der Waals surface area contributed by atoms with Crippen LogP contribution >= 0.6 is 0 Å². The van der Waals surface area contributed by atoms with E-state index in [1.807, 2.05) is 24.3 Å². The van der Waals surface area contributed by atoms with Crippen molar-refractivity contribution in [2.24, 2.45) is 5.41 Å². The van der Waals surface area contributed by atoms with Crippen LogP contribution in [0.15, 0.2) is 54.9 Å². The molecule has 0 saturated carbocycles. The van der Waals surface area contributed by atoms with Crippen LogP contribution < -0.4 is 15.4 Å². The zero-order valence-electron chi connectivity index (χ0n) is 16.3. The molecular formula is C22H24N4O2. The Kier molecular flexibility index (Phi) is 4.34. The Hall–Kier alpha value is -3.28. The number of phenolic OH excluding ortho intramolecular Hbond substituents is 1. The molecule has 1 aliphatic rings. The molecule has 3 N–H and O–H groups in total. The lowest BCUT2D eigenvalue weighted by Crippen LogP contribution is -2.24. The summed E-state index contributed by atoms with van der Waals surface area (Å²) in [5, 5.41) is 9.38. The summed E-state index contributed by atoms with van der Waals surface area (Å²) in [6.45, 7) is 7.47. The Bertz CT molecular complexity index is 979. The second-order valence-electron chi connectivity index (χ2n) is 8.11. The zero-order valence-corrected chi connectivity index (χ0v) is 16.3. The summed E-state index contributed by atoms with van der Waals surface area (Å²) in [6.07, 6.45) is 1.55.